The number of anilines is 2. The fourth-order valence-corrected chi connectivity index (χ4v) is 3.15. The van der Waals surface area contributed by atoms with Crippen LogP contribution >= 0.6 is 0 Å². The van der Waals surface area contributed by atoms with Crippen molar-refractivity contribution in [3.63, 3.8) is 0 Å². The van der Waals surface area contributed by atoms with Crippen LogP contribution in [0.4, 0.5) is 11.8 Å². The predicted molar refractivity (Wildman–Crippen MR) is 92.0 cm³/mol. The number of hydrogen-bond donors (Lipinski definition) is 3. The standard InChI is InChI=1S/C16H24N6O/c1-9-7-10(2)19-15-13(9)14(17-3)21-16(22-15)20-11-8-18-6-5-12(11)23-4/h7,11-12,18H,5-6,8H2,1-4H3,(H2,17,19,20,21,22). The van der Waals surface area contributed by atoms with Crippen molar-refractivity contribution in [3.8, 4) is 0 Å². The molecular weight excluding hydrogens is 292 g/mol. The molecule has 3 N–H and O–H groups in total. The first-order chi connectivity index (χ1) is 11.1. The highest BCUT2D eigenvalue weighted by molar-refractivity contribution is 5.90. The van der Waals surface area contributed by atoms with E-state index in [1.54, 1.807) is 7.11 Å². The third kappa shape index (κ3) is 3.20. The van der Waals surface area contributed by atoms with Gasteiger partial charge in [-0.2, -0.15) is 9.97 Å². The average molecular weight is 316 g/mol. The number of methoxy groups -OCH3 is 1. The van der Waals surface area contributed by atoms with Gasteiger partial charge in [-0.1, -0.05) is 0 Å². The summed E-state index contributed by atoms with van der Waals surface area (Å²) in [5, 5.41) is 10.9. The first-order valence-corrected chi connectivity index (χ1v) is 7.96. The van der Waals surface area contributed by atoms with Gasteiger partial charge in [-0.15, -0.1) is 0 Å². The quantitative estimate of drug-likeness (QED) is 0.788. The van der Waals surface area contributed by atoms with Crippen LogP contribution in [0.15, 0.2) is 6.07 Å². The fourth-order valence-electron chi connectivity index (χ4n) is 3.15. The largest absolute Gasteiger partial charge is 0.379 e. The Kier molecular flexibility index (Phi) is 4.58. The summed E-state index contributed by atoms with van der Waals surface area (Å²) in [5.41, 5.74) is 2.79. The van der Waals surface area contributed by atoms with E-state index in [1.165, 1.54) is 0 Å². The Morgan fingerprint density at radius 2 is 2.09 bits per heavy atom. The normalized spacial score (nSPS) is 21.4. The minimum Gasteiger partial charge on any atom is -0.379 e. The number of nitrogens with zero attached hydrogens (tertiary/aromatic N) is 3. The van der Waals surface area contributed by atoms with Gasteiger partial charge in [0, 0.05) is 26.4 Å². The number of pyridine rings is 1. The van der Waals surface area contributed by atoms with Gasteiger partial charge in [-0.25, -0.2) is 4.98 Å². The van der Waals surface area contributed by atoms with E-state index in [-0.39, 0.29) is 12.1 Å². The Labute approximate surface area is 136 Å². The number of hydrogen-bond acceptors (Lipinski definition) is 7. The Morgan fingerprint density at radius 3 is 2.83 bits per heavy atom. The maximum atomic E-state index is 5.57. The van der Waals surface area contributed by atoms with Crippen molar-refractivity contribution in [1.82, 2.24) is 20.3 Å². The molecule has 0 amide bonds. The highest BCUT2D eigenvalue weighted by Crippen LogP contribution is 2.25. The number of rotatable bonds is 4. The molecule has 0 aliphatic carbocycles. The van der Waals surface area contributed by atoms with E-state index in [1.807, 2.05) is 20.0 Å². The Hall–Kier alpha value is -1.99. The molecule has 7 heteroatoms. The van der Waals surface area contributed by atoms with Gasteiger partial charge >= 0.3 is 0 Å². The van der Waals surface area contributed by atoms with Gasteiger partial charge in [-0.05, 0) is 38.4 Å². The number of nitrogens with one attached hydrogen (secondary N) is 3. The summed E-state index contributed by atoms with van der Waals surface area (Å²) in [6.07, 6.45) is 1.12. The van der Waals surface area contributed by atoms with E-state index >= 15 is 0 Å². The molecule has 23 heavy (non-hydrogen) atoms. The highest BCUT2D eigenvalue weighted by atomic mass is 16.5. The third-order valence-corrected chi connectivity index (χ3v) is 4.26. The summed E-state index contributed by atoms with van der Waals surface area (Å²) < 4.78 is 5.57. The van der Waals surface area contributed by atoms with E-state index < -0.39 is 0 Å². The summed E-state index contributed by atoms with van der Waals surface area (Å²) in [7, 11) is 3.62. The van der Waals surface area contributed by atoms with E-state index in [0.29, 0.717) is 11.6 Å². The lowest BCUT2D eigenvalue weighted by Gasteiger charge is -2.31. The Balaban J connectivity index is 1.98. The molecule has 3 rings (SSSR count). The van der Waals surface area contributed by atoms with Crippen LogP contribution in [-0.4, -0.2) is 54.3 Å². The molecule has 2 atom stereocenters. The SMILES string of the molecule is CNc1nc(NC2CNCCC2OC)nc2nc(C)cc(C)c12. The zero-order valence-electron chi connectivity index (χ0n) is 14.1. The van der Waals surface area contributed by atoms with Crippen molar-refractivity contribution in [3.05, 3.63) is 17.3 Å². The van der Waals surface area contributed by atoms with E-state index in [9.17, 15) is 0 Å². The lowest BCUT2D eigenvalue weighted by Crippen LogP contribution is -2.49. The van der Waals surface area contributed by atoms with E-state index in [0.717, 1.165) is 42.0 Å². The fraction of sp³-hybridized carbons (Fsp3) is 0.562. The molecule has 2 unspecified atom stereocenters. The zero-order valence-corrected chi connectivity index (χ0v) is 14.1. The van der Waals surface area contributed by atoms with Gasteiger partial charge in [-0.3, -0.25) is 0 Å². The number of ether oxygens (including phenoxy) is 1. The van der Waals surface area contributed by atoms with Gasteiger partial charge in [0.1, 0.15) is 5.82 Å². The first-order valence-electron chi connectivity index (χ1n) is 7.96. The first kappa shape index (κ1) is 15.9. The minimum atomic E-state index is 0.141. The zero-order chi connectivity index (χ0) is 16.4. The summed E-state index contributed by atoms with van der Waals surface area (Å²) in [6.45, 7) is 5.83. The summed E-state index contributed by atoms with van der Waals surface area (Å²) in [5.74, 6) is 1.37. The van der Waals surface area contributed by atoms with Crippen molar-refractivity contribution in [1.29, 1.82) is 0 Å². The third-order valence-electron chi connectivity index (χ3n) is 4.26. The molecule has 7 nitrogen and oxygen atoms in total. The van der Waals surface area contributed by atoms with Crippen molar-refractivity contribution < 1.29 is 4.74 Å². The average Bonchev–Trinajstić information content (AvgIpc) is 2.54. The van der Waals surface area contributed by atoms with Crippen LogP contribution in [0.3, 0.4) is 0 Å². The van der Waals surface area contributed by atoms with Gasteiger partial charge in [0.15, 0.2) is 5.65 Å². The van der Waals surface area contributed by atoms with Crippen LogP contribution in [0, 0.1) is 13.8 Å². The molecule has 2 aromatic rings. The van der Waals surface area contributed by atoms with Gasteiger partial charge < -0.3 is 20.7 Å². The van der Waals surface area contributed by atoms with Gasteiger partial charge in [0.25, 0.3) is 0 Å². The Bertz CT molecular complexity index is 705. The topological polar surface area (TPSA) is 84.0 Å². The second kappa shape index (κ2) is 6.64. The monoisotopic (exact) mass is 316 g/mol. The lowest BCUT2D eigenvalue weighted by atomic mass is 10.0. The van der Waals surface area contributed by atoms with E-state index in [2.05, 4.69) is 37.8 Å². The lowest BCUT2D eigenvalue weighted by molar-refractivity contribution is 0.0663. The molecule has 1 aliphatic rings. The van der Waals surface area contributed by atoms with Crippen molar-refractivity contribution in [2.45, 2.75) is 32.4 Å². The molecule has 1 aliphatic heterocycles. The molecule has 124 valence electrons. The molecule has 0 aromatic carbocycles. The predicted octanol–water partition coefficient (Wildman–Crippen LogP) is 1.47. The number of fused-ring (bicyclic) bond motifs is 1. The Morgan fingerprint density at radius 1 is 1.26 bits per heavy atom. The summed E-state index contributed by atoms with van der Waals surface area (Å²) in [4.78, 5) is 13.8. The highest BCUT2D eigenvalue weighted by Gasteiger charge is 2.25. The van der Waals surface area contributed by atoms with Gasteiger partial charge in [0.05, 0.1) is 17.5 Å². The van der Waals surface area contributed by atoms with E-state index in [4.69, 9.17) is 4.74 Å². The number of aryl methyl sites for hydroxylation is 2. The van der Waals surface area contributed by atoms with Crippen LogP contribution in [0.2, 0.25) is 0 Å². The van der Waals surface area contributed by atoms with Crippen molar-refractivity contribution >= 4 is 22.8 Å². The number of aromatic nitrogens is 3. The van der Waals surface area contributed by atoms with Crippen LogP contribution in [0.5, 0.6) is 0 Å². The van der Waals surface area contributed by atoms with Crippen LogP contribution in [0.25, 0.3) is 11.0 Å². The van der Waals surface area contributed by atoms with Crippen molar-refractivity contribution in [2.75, 3.05) is 37.9 Å². The minimum absolute atomic E-state index is 0.141. The molecule has 3 heterocycles. The molecule has 0 saturated carbocycles. The summed E-state index contributed by atoms with van der Waals surface area (Å²) >= 11 is 0. The molecule has 1 fully saturated rings. The van der Waals surface area contributed by atoms with Crippen molar-refractivity contribution in [2.24, 2.45) is 0 Å². The van der Waals surface area contributed by atoms with Crippen LogP contribution < -0.4 is 16.0 Å². The molecule has 1 saturated heterocycles. The van der Waals surface area contributed by atoms with Gasteiger partial charge in [0.2, 0.25) is 5.95 Å². The molecule has 2 aromatic heterocycles. The maximum Gasteiger partial charge on any atom is 0.227 e. The smallest absolute Gasteiger partial charge is 0.227 e. The van der Waals surface area contributed by atoms with Crippen LogP contribution in [-0.2, 0) is 4.74 Å². The number of piperidine rings is 1. The molecule has 0 spiro atoms. The maximum absolute atomic E-state index is 5.57. The molecule has 0 radical (unpaired) electrons. The second-order valence-electron chi connectivity index (χ2n) is 5.94. The molecular formula is C16H24N6O. The molecule has 0 bridgehead atoms. The second-order valence-corrected chi connectivity index (χ2v) is 5.94. The van der Waals surface area contributed by atoms with Crippen LogP contribution in [0.1, 0.15) is 17.7 Å². The summed E-state index contributed by atoms with van der Waals surface area (Å²) in [6, 6.07) is 2.19.